The van der Waals surface area contributed by atoms with E-state index >= 15 is 0 Å². The zero-order chi connectivity index (χ0) is 22.1. The largest absolute Gasteiger partial charge is 0.497 e. The van der Waals surface area contributed by atoms with Gasteiger partial charge in [-0.1, -0.05) is 0 Å². The fourth-order valence-electron chi connectivity index (χ4n) is 2.65. The molecule has 8 nitrogen and oxygen atoms in total. The van der Waals surface area contributed by atoms with Crippen LogP contribution in [0.15, 0.2) is 42.5 Å². The fraction of sp³-hybridized carbons (Fsp3) is 0.318. The van der Waals surface area contributed by atoms with E-state index in [0.717, 1.165) is 5.56 Å². The predicted molar refractivity (Wildman–Crippen MR) is 108 cm³/mol. The van der Waals surface area contributed by atoms with E-state index in [4.69, 9.17) is 24.2 Å². The van der Waals surface area contributed by atoms with Gasteiger partial charge in [0.15, 0.2) is 12.7 Å². The summed E-state index contributed by atoms with van der Waals surface area (Å²) in [5.41, 5.74) is 1.21. The molecule has 0 aromatic heterocycles. The first-order valence-corrected chi connectivity index (χ1v) is 9.22. The van der Waals surface area contributed by atoms with Gasteiger partial charge in [-0.05, 0) is 56.3 Å². The second kappa shape index (κ2) is 10.7. The first kappa shape index (κ1) is 22.6. The minimum Gasteiger partial charge on any atom is -0.497 e. The highest BCUT2D eigenvalue weighted by molar-refractivity contribution is 5.82. The molecular formula is C22H24N2O6. The van der Waals surface area contributed by atoms with Crippen LogP contribution < -0.4 is 19.5 Å². The molecule has 2 aromatic rings. The number of ether oxygens (including phenoxy) is 4. The second-order valence-electron chi connectivity index (χ2n) is 6.40. The molecule has 0 saturated heterocycles. The molecule has 1 N–H and O–H groups in total. The van der Waals surface area contributed by atoms with Crippen molar-refractivity contribution in [2.24, 2.45) is 0 Å². The van der Waals surface area contributed by atoms with Gasteiger partial charge in [-0.25, -0.2) is 4.79 Å². The quantitative estimate of drug-likeness (QED) is 0.631. The Morgan fingerprint density at radius 3 is 2.30 bits per heavy atom. The number of hydrogen-bond acceptors (Lipinski definition) is 7. The van der Waals surface area contributed by atoms with Gasteiger partial charge in [0.05, 0.1) is 31.9 Å². The van der Waals surface area contributed by atoms with Crippen molar-refractivity contribution in [3.05, 3.63) is 53.6 Å². The Kier molecular flexibility index (Phi) is 8.06. The maximum atomic E-state index is 12.2. The lowest BCUT2D eigenvalue weighted by Gasteiger charge is -2.19. The van der Waals surface area contributed by atoms with Gasteiger partial charge in [0, 0.05) is 5.56 Å². The van der Waals surface area contributed by atoms with Crippen LogP contribution in [0.4, 0.5) is 0 Å². The van der Waals surface area contributed by atoms with Crippen LogP contribution in [0.3, 0.4) is 0 Å². The fourth-order valence-corrected chi connectivity index (χ4v) is 2.65. The van der Waals surface area contributed by atoms with Crippen molar-refractivity contribution in [3.63, 3.8) is 0 Å². The van der Waals surface area contributed by atoms with E-state index in [1.807, 2.05) is 6.07 Å². The zero-order valence-electron chi connectivity index (χ0n) is 17.3. The van der Waals surface area contributed by atoms with Crippen LogP contribution in [0.25, 0.3) is 0 Å². The molecule has 0 saturated carbocycles. The molecular weight excluding hydrogens is 388 g/mol. The van der Waals surface area contributed by atoms with Crippen molar-refractivity contribution in [1.82, 2.24) is 5.32 Å². The summed E-state index contributed by atoms with van der Waals surface area (Å²) in [5, 5.41) is 11.6. The van der Waals surface area contributed by atoms with Crippen molar-refractivity contribution in [1.29, 1.82) is 5.26 Å². The van der Waals surface area contributed by atoms with Gasteiger partial charge in [-0.2, -0.15) is 5.26 Å². The van der Waals surface area contributed by atoms with Crippen LogP contribution in [-0.4, -0.2) is 38.8 Å². The summed E-state index contributed by atoms with van der Waals surface area (Å²) in [4.78, 5) is 24.3. The van der Waals surface area contributed by atoms with E-state index in [-0.39, 0.29) is 0 Å². The minimum absolute atomic E-state index is 0.395. The zero-order valence-corrected chi connectivity index (χ0v) is 17.3. The number of nitrogens with one attached hydrogen (secondary N) is 1. The molecule has 0 fully saturated rings. The topological polar surface area (TPSA) is 107 Å². The normalized spacial score (nSPS) is 12.1. The summed E-state index contributed by atoms with van der Waals surface area (Å²) in [5.74, 6) is 0.506. The Hall–Kier alpha value is -3.73. The Balaban J connectivity index is 1.87. The Labute approximate surface area is 175 Å². The lowest BCUT2D eigenvalue weighted by molar-refractivity contribution is -0.154. The highest BCUT2D eigenvalue weighted by atomic mass is 16.6. The van der Waals surface area contributed by atoms with Crippen LogP contribution in [-0.2, 0) is 14.3 Å². The Morgan fingerprint density at radius 1 is 1.03 bits per heavy atom. The summed E-state index contributed by atoms with van der Waals surface area (Å²) in [6.45, 7) is 2.85. The van der Waals surface area contributed by atoms with Gasteiger partial charge >= 0.3 is 5.97 Å². The first-order valence-electron chi connectivity index (χ1n) is 9.22. The number of nitriles is 1. The molecule has 158 valence electrons. The summed E-state index contributed by atoms with van der Waals surface area (Å²) in [7, 11) is 3.09. The van der Waals surface area contributed by atoms with E-state index in [1.54, 1.807) is 56.5 Å². The maximum absolute atomic E-state index is 12.2. The summed E-state index contributed by atoms with van der Waals surface area (Å²) >= 11 is 0. The van der Waals surface area contributed by atoms with E-state index in [9.17, 15) is 9.59 Å². The number of amides is 1. The molecule has 0 aliphatic carbocycles. The molecule has 0 aliphatic heterocycles. The highest BCUT2D eigenvalue weighted by Gasteiger charge is 2.20. The van der Waals surface area contributed by atoms with Crippen molar-refractivity contribution in [3.8, 4) is 23.3 Å². The van der Waals surface area contributed by atoms with E-state index in [1.165, 1.54) is 14.0 Å². The third-order valence-corrected chi connectivity index (χ3v) is 4.25. The van der Waals surface area contributed by atoms with Gasteiger partial charge in [-0.15, -0.1) is 0 Å². The second-order valence-corrected chi connectivity index (χ2v) is 6.40. The number of hydrogen-bond donors (Lipinski definition) is 1. The monoisotopic (exact) mass is 412 g/mol. The molecule has 30 heavy (non-hydrogen) atoms. The maximum Gasteiger partial charge on any atom is 0.347 e. The van der Waals surface area contributed by atoms with Crippen molar-refractivity contribution in [2.45, 2.75) is 26.0 Å². The van der Waals surface area contributed by atoms with Gasteiger partial charge in [0.25, 0.3) is 5.91 Å². The molecule has 0 heterocycles. The van der Waals surface area contributed by atoms with E-state index in [2.05, 4.69) is 5.32 Å². The lowest BCUT2D eigenvalue weighted by atomic mass is 10.1. The van der Waals surface area contributed by atoms with Crippen LogP contribution in [0.1, 0.15) is 31.0 Å². The molecule has 8 heteroatoms. The summed E-state index contributed by atoms with van der Waals surface area (Å²) in [6, 6.07) is 13.2. The molecule has 2 atom stereocenters. The molecule has 0 unspecified atom stereocenters. The number of benzene rings is 2. The molecule has 0 bridgehead atoms. The highest BCUT2D eigenvalue weighted by Crippen LogP contribution is 2.29. The van der Waals surface area contributed by atoms with E-state index < -0.39 is 30.6 Å². The van der Waals surface area contributed by atoms with Crippen molar-refractivity contribution in [2.75, 3.05) is 20.8 Å². The standard InChI is InChI=1S/C22H24N2O6/c1-14(19-11-18(27-3)9-10-20(19)28-4)24-21(25)13-29-22(26)15(2)30-17-7-5-16(12-23)6-8-17/h5-11,14-15H,13H2,1-4H3,(H,24,25)/t14-,15+/m1/s1. The van der Waals surface area contributed by atoms with Crippen LogP contribution >= 0.6 is 0 Å². The van der Waals surface area contributed by atoms with Gasteiger partial charge in [0.2, 0.25) is 0 Å². The number of esters is 1. The smallest absolute Gasteiger partial charge is 0.347 e. The molecule has 0 aliphatic rings. The average Bonchev–Trinajstić information content (AvgIpc) is 2.77. The van der Waals surface area contributed by atoms with E-state index in [0.29, 0.717) is 22.8 Å². The number of rotatable bonds is 9. The lowest BCUT2D eigenvalue weighted by Crippen LogP contribution is -2.34. The predicted octanol–water partition coefficient (Wildman–Crippen LogP) is 2.76. The SMILES string of the molecule is COc1ccc(OC)c([C@@H](C)NC(=O)COC(=O)[C@H](C)Oc2ccc(C#N)cc2)c1. The van der Waals surface area contributed by atoms with Gasteiger partial charge < -0.3 is 24.3 Å². The first-order chi connectivity index (χ1) is 14.4. The third kappa shape index (κ3) is 6.14. The minimum atomic E-state index is -0.915. The van der Waals surface area contributed by atoms with Crippen LogP contribution in [0.5, 0.6) is 17.2 Å². The molecule has 2 aromatic carbocycles. The molecule has 0 radical (unpaired) electrons. The number of carbonyl (C=O) groups is 2. The number of methoxy groups -OCH3 is 2. The third-order valence-electron chi connectivity index (χ3n) is 4.25. The summed E-state index contributed by atoms with van der Waals surface area (Å²) in [6.07, 6.45) is -0.915. The number of carbonyl (C=O) groups excluding carboxylic acids is 2. The summed E-state index contributed by atoms with van der Waals surface area (Å²) < 4.78 is 21.0. The molecule has 0 spiro atoms. The average molecular weight is 412 g/mol. The van der Waals surface area contributed by atoms with Crippen LogP contribution in [0, 0.1) is 11.3 Å². The van der Waals surface area contributed by atoms with Crippen molar-refractivity contribution >= 4 is 11.9 Å². The number of nitrogens with zero attached hydrogens (tertiary/aromatic N) is 1. The van der Waals surface area contributed by atoms with Gasteiger partial charge in [-0.3, -0.25) is 4.79 Å². The Morgan fingerprint density at radius 2 is 1.70 bits per heavy atom. The van der Waals surface area contributed by atoms with Crippen LogP contribution in [0.2, 0.25) is 0 Å². The van der Waals surface area contributed by atoms with Crippen molar-refractivity contribution < 1.29 is 28.5 Å². The molecule has 1 amide bonds. The molecule has 2 rings (SSSR count). The Bertz CT molecular complexity index is 920. The van der Waals surface area contributed by atoms with Gasteiger partial charge in [0.1, 0.15) is 17.2 Å².